The first-order valence-electron chi connectivity index (χ1n) is 8.22. The lowest BCUT2D eigenvalue weighted by atomic mass is 10.0. The highest BCUT2D eigenvalue weighted by Gasteiger charge is 2.38. The molecule has 0 bridgehead atoms. The summed E-state index contributed by atoms with van der Waals surface area (Å²) < 4.78 is 30.1. The maximum absolute atomic E-state index is 13.7. The first kappa shape index (κ1) is 20.6. The summed E-state index contributed by atoms with van der Waals surface area (Å²) in [7, 11) is 0. The Labute approximate surface area is 161 Å². The summed E-state index contributed by atoms with van der Waals surface area (Å²) in [6, 6.07) is 5.63. The molecule has 1 N–H and O–H groups in total. The van der Waals surface area contributed by atoms with Gasteiger partial charge in [-0.25, -0.2) is 9.18 Å². The first-order chi connectivity index (χ1) is 12.6. The maximum atomic E-state index is 13.7. The smallest absolute Gasteiger partial charge is 0.411 e. The molecule has 1 heterocycles. The zero-order valence-electron chi connectivity index (χ0n) is 15.4. The number of nitriles is 1. The minimum atomic E-state index is -1.41. The van der Waals surface area contributed by atoms with Crippen molar-refractivity contribution in [3.8, 4) is 11.8 Å². The average Bonchev–Trinajstić information content (AvgIpc) is 3.10. The maximum Gasteiger partial charge on any atom is 0.411 e. The number of hydrogen-bond donors (Lipinski definition) is 1. The number of nitrogens with zero attached hydrogens (tertiary/aromatic N) is 1. The van der Waals surface area contributed by atoms with Gasteiger partial charge in [-0.2, -0.15) is 5.26 Å². The summed E-state index contributed by atoms with van der Waals surface area (Å²) >= 11 is 5.84. The van der Waals surface area contributed by atoms with Crippen molar-refractivity contribution in [1.29, 1.82) is 5.26 Å². The zero-order chi connectivity index (χ0) is 20.2. The van der Waals surface area contributed by atoms with Crippen molar-refractivity contribution in [1.82, 2.24) is 5.32 Å². The molecule has 0 saturated carbocycles. The molecule has 1 aromatic carbocycles. The van der Waals surface area contributed by atoms with Gasteiger partial charge in [-0.05, 0) is 32.9 Å². The Bertz CT molecular complexity index is 856. The molecule has 27 heavy (non-hydrogen) atoms. The van der Waals surface area contributed by atoms with Crippen LogP contribution < -0.4 is 10.1 Å². The second kappa shape index (κ2) is 7.89. The number of furan rings is 1. The van der Waals surface area contributed by atoms with Crippen LogP contribution in [0.5, 0.6) is 5.75 Å². The normalized spacial score (nSPS) is 13.4. The number of nitrogens with one attached hydrogen (secondary N) is 1. The van der Waals surface area contributed by atoms with Gasteiger partial charge in [0.25, 0.3) is 0 Å². The summed E-state index contributed by atoms with van der Waals surface area (Å²) in [5.74, 6) is -0.728. The summed E-state index contributed by atoms with van der Waals surface area (Å²) in [5.41, 5.74) is -1.72. The summed E-state index contributed by atoms with van der Waals surface area (Å²) in [6.07, 6.45) is 2.35. The Balaban J connectivity index is 2.47. The average molecular weight is 395 g/mol. The number of ether oxygens (including phenoxy) is 2. The molecule has 1 unspecified atom stereocenters. The van der Waals surface area contributed by atoms with E-state index >= 15 is 0 Å². The van der Waals surface area contributed by atoms with E-state index in [1.54, 1.807) is 33.8 Å². The molecule has 0 radical (unpaired) electrons. The first-order valence-corrected chi connectivity index (χ1v) is 8.60. The lowest BCUT2D eigenvalue weighted by Crippen LogP contribution is -2.51. The third-order valence-corrected chi connectivity index (χ3v) is 3.91. The van der Waals surface area contributed by atoms with Gasteiger partial charge in [0.2, 0.25) is 5.72 Å². The van der Waals surface area contributed by atoms with E-state index in [0.717, 1.165) is 6.07 Å². The number of rotatable bonds is 5. The molecule has 1 aromatic heterocycles. The SMILES string of the molecule is CCC(NC(=O)OC(C)(C)C)(Oc1cc(Cl)c(F)cc1C#N)c1ccoc1. The molecule has 0 aliphatic rings. The van der Waals surface area contributed by atoms with E-state index in [-0.39, 0.29) is 22.8 Å². The van der Waals surface area contributed by atoms with Crippen LogP contribution in [0.1, 0.15) is 45.2 Å². The van der Waals surface area contributed by atoms with E-state index in [1.165, 1.54) is 18.6 Å². The fraction of sp³-hybridized carbons (Fsp3) is 0.368. The van der Waals surface area contributed by atoms with Crippen LogP contribution in [0.4, 0.5) is 9.18 Å². The van der Waals surface area contributed by atoms with E-state index in [2.05, 4.69) is 5.32 Å². The molecule has 0 aliphatic heterocycles. The Morgan fingerprint density at radius 1 is 1.41 bits per heavy atom. The zero-order valence-corrected chi connectivity index (χ0v) is 16.2. The lowest BCUT2D eigenvalue weighted by Gasteiger charge is -2.34. The van der Waals surface area contributed by atoms with E-state index in [4.69, 9.17) is 25.5 Å². The van der Waals surface area contributed by atoms with Crippen LogP contribution in [0, 0.1) is 17.1 Å². The van der Waals surface area contributed by atoms with Gasteiger partial charge in [-0.1, -0.05) is 18.5 Å². The molecule has 2 rings (SSSR count). The molecule has 6 nitrogen and oxygen atoms in total. The van der Waals surface area contributed by atoms with Crippen molar-refractivity contribution in [2.45, 2.75) is 45.4 Å². The number of carbonyl (C=O) groups is 1. The van der Waals surface area contributed by atoms with Crippen molar-refractivity contribution in [2.75, 3.05) is 0 Å². The summed E-state index contributed by atoms with van der Waals surface area (Å²) in [5, 5.41) is 11.8. The molecular weight excluding hydrogens is 375 g/mol. The highest BCUT2D eigenvalue weighted by atomic mass is 35.5. The van der Waals surface area contributed by atoms with Gasteiger partial charge in [-0.3, -0.25) is 5.32 Å². The molecular formula is C19H20ClFN2O4. The Morgan fingerprint density at radius 3 is 2.63 bits per heavy atom. The van der Waals surface area contributed by atoms with E-state index in [9.17, 15) is 14.4 Å². The summed E-state index contributed by atoms with van der Waals surface area (Å²) in [6.45, 7) is 6.95. The number of alkyl carbamates (subject to hydrolysis) is 1. The van der Waals surface area contributed by atoms with Gasteiger partial charge in [0.15, 0.2) is 0 Å². The third kappa shape index (κ3) is 4.92. The molecule has 0 spiro atoms. The largest absolute Gasteiger partial charge is 0.472 e. The van der Waals surface area contributed by atoms with Crippen molar-refractivity contribution >= 4 is 17.7 Å². The lowest BCUT2D eigenvalue weighted by molar-refractivity contribution is -0.00349. The number of hydrogen-bond acceptors (Lipinski definition) is 5. The molecule has 2 aromatic rings. The van der Waals surface area contributed by atoms with Crippen LogP contribution in [-0.2, 0) is 10.5 Å². The van der Waals surface area contributed by atoms with Crippen LogP contribution in [-0.4, -0.2) is 11.7 Å². The molecule has 0 saturated heterocycles. The Morgan fingerprint density at radius 2 is 2.11 bits per heavy atom. The van der Waals surface area contributed by atoms with E-state index in [0.29, 0.717) is 5.56 Å². The van der Waals surface area contributed by atoms with Crippen LogP contribution in [0.2, 0.25) is 5.02 Å². The quantitative estimate of drug-likeness (QED) is 0.712. The van der Waals surface area contributed by atoms with Gasteiger partial charge >= 0.3 is 6.09 Å². The fourth-order valence-corrected chi connectivity index (χ4v) is 2.53. The molecule has 1 atom stereocenters. The highest BCUT2D eigenvalue weighted by molar-refractivity contribution is 6.30. The molecule has 0 aliphatic carbocycles. The predicted molar refractivity (Wildman–Crippen MR) is 96.8 cm³/mol. The topological polar surface area (TPSA) is 84.5 Å². The van der Waals surface area contributed by atoms with Gasteiger partial charge in [0, 0.05) is 12.5 Å². The number of benzene rings is 1. The number of carbonyl (C=O) groups excluding carboxylic acids is 1. The second-order valence-electron chi connectivity index (χ2n) is 6.80. The number of halogens is 2. The van der Waals surface area contributed by atoms with E-state index < -0.39 is 23.2 Å². The molecule has 0 fully saturated rings. The Kier molecular flexibility index (Phi) is 6.01. The summed E-state index contributed by atoms with van der Waals surface area (Å²) in [4.78, 5) is 12.4. The van der Waals surface area contributed by atoms with Crippen molar-refractivity contribution in [2.24, 2.45) is 0 Å². The van der Waals surface area contributed by atoms with Crippen LogP contribution in [0.15, 0.2) is 35.1 Å². The second-order valence-corrected chi connectivity index (χ2v) is 7.20. The van der Waals surface area contributed by atoms with Crippen molar-refractivity contribution in [3.05, 3.63) is 52.7 Å². The van der Waals surface area contributed by atoms with Crippen LogP contribution >= 0.6 is 11.6 Å². The molecule has 1 amide bonds. The van der Waals surface area contributed by atoms with Gasteiger partial charge in [-0.15, -0.1) is 0 Å². The van der Waals surface area contributed by atoms with Gasteiger partial charge in [0.05, 0.1) is 28.7 Å². The van der Waals surface area contributed by atoms with Crippen LogP contribution in [0.25, 0.3) is 0 Å². The minimum absolute atomic E-state index is 0.0167. The fourth-order valence-electron chi connectivity index (χ4n) is 2.37. The molecule has 8 heteroatoms. The van der Waals surface area contributed by atoms with Gasteiger partial charge in [0.1, 0.15) is 23.2 Å². The Hall–Kier alpha value is -2.72. The third-order valence-electron chi connectivity index (χ3n) is 3.62. The minimum Gasteiger partial charge on any atom is -0.472 e. The highest BCUT2D eigenvalue weighted by Crippen LogP contribution is 2.34. The monoisotopic (exact) mass is 394 g/mol. The number of amides is 1. The standard InChI is InChI=1S/C19H20ClFN2O4/c1-5-19(13-6-7-25-11-13,23-17(24)27-18(2,3)4)26-16-9-14(20)15(21)8-12(16)10-22/h6-9,11H,5H2,1-4H3,(H,23,24). The predicted octanol–water partition coefficient (Wildman–Crippen LogP) is 5.11. The molecule has 144 valence electrons. The van der Waals surface area contributed by atoms with E-state index in [1.807, 2.05) is 6.07 Å². The van der Waals surface area contributed by atoms with Crippen molar-refractivity contribution in [3.63, 3.8) is 0 Å². The van der Waals surface area contributed by atoms with Gasteiger partial charge < -0.3 is 13.9 Å². The van der Waals surface area contributed by atoms with Crippen LogP contribution in [0.3, 0.4) is 0 Å². The van der Waals surface area contributed by atoms with Crippen molar-refractivity contribution < 1.29 is 23.1 Å².